The van der Waals surface area contributed by atoms with Crippen molar-refractivity contribution >= 4 is 6.03 Å². The van der Waals surface area contributed by atoms with Crippen LogP contribution in [-0.4, -0.2) is 30.6 Å². The Kier molecular flexibility index (Phi) is 4.06. The number of likely N-dealkylation sites (tertiary alicyclic amines) is 1. The maximum Gasteiger partial charge on any atom is 0.317 e. The van der Waals surface area contributed by atoms with Crippen LogP contribution in [0.25, 0.3) is 0 Å². The van der Waals surface area contributed by atoms with Gasteiger partial charge in [-0.25, -0.2) is 4.79 Å². The molecular formula is C10H20N2O. The second kappa shape index (κ2) is 5.10. The standard InChI is InChI=1S/C10H20N2O/c1-3-9-7-5-4-6-8-12(9)10(13)11-2/h9H,3-8H2,1-2H3,(H,11,13). The third-order valence-electron chi connectivity index (χ3n) is 2.82. The molecule has 1 saturated heterocycles. The summed E-state index contributed by atoms with van der Waals surface area (Å²) in [5.74, 6) is 0. The molecule has 1 heterocycles. The van der Waals surface area contributed by atoms with E-state index in [9.17, 15) is 4.79 Å². The van der Waals surface area contributed by atoms with Crippen LogP contribution in [0, 0.1) is 0 Å². The van der Waals surface area contributed by atoms with E-state index in [-0.39, 0.29) is 6.03 Å². The van der Waals surface area contributed by atoms with Gasteiger partial charge < -0.3 is 10.2 Å². The van der Waals surface area contributed by atoms with Crippen molar-refractivity contribution in [2.24, 2.45) is 0 Å². The molecule has 0 bridgehead atoms. The second-order valence-corrected chi connectivity index (χ2v) is 3.66. The third-order valence-corrected chi connectivity index (χ3v) is 2.82. The Morgan fingerprint density at radius 3 is 2.85 bits per heavy atom. The highest BCUT2D eigenvalue weighted by Crippen LogP contribution is 2.18. The van der Waals surface area contributed by atoms with Crippen LogP contribution in [0.1, 0.15) is 39.0 Å². The molecule has 3 nitrogen and oxygen atoms in total. The predicted molar refractivity (Wildman–Crippen MR) is 53.7 cm³/mol. The van der Waals surface area contributed by atoms with Gasteiger partial charge in [-0.05, 0) is 19.3 Å². The fourth-order valence-electron chi connectivity index (χ4n) is 2.01. The molecule has 2 amide bonds. The van der Waals surface area contributed by atoms with E-state index in [2.05, 4.69) is 12.2 Å². The van der Waals surface area contributed by atoms with Crippen molar-refractivity contribution < 1.29 is 4.79 Å². The lowest BCUT2D eigenvalue weighted by Gasteiger charge is -2.28. The Balaban J connectivity index is 2.58. The first-order valence-electron chi connectivity index (χ1n) is 5.28. The molecule has 0 spiro atoms. The van der Waals surface area contributed by atoms with Gasteiger partial charge in [-0.2, -0.15) is 0 Å². The SMILES string of the molecule is CCC1CCCCCN1C(=O)NC. The van der Waals surface area contributed by atoms with Crippen LogP contribution in [0.15, 0.2) is 0 Å². The summed E-state index contributed by atoms with van der Waals surface area (Å²) in [4.78, 5) is 13.5. The molecular weight excluding hydrogens is 164 g/mol. The summed E-state index contributed by atoms with van der Waals surface area (Å²) in [6.07, 6.45) is 5.94. The van der Waals surface area contributed by atoms with Gasteiger partial charge in [0.05, 0.1) is 0 Å². The van der Waals surface area contributed by atoms with E-state index in [1.54, 1.807) is 7.05 Å². The van der Waals surface area contributed by atoms with Gasteiger partial charge in [0, 0.05) is 19.6 Å². The second-order valence-electron chi connectivity index (χ2n) is 3.66. The smallest absolute Gasteiger partial charge is 0.317 e. The summed E-state index contributed by atoms with van der Waals surface area (Å²) in [5.41, 5.74) is 0. The van der Waals surface area contributed by atoms with Gasteiger partial charge in [-0.15, -0.1) is 0 Å². The lowest BCUT2D eigenvalue weighted by atomic mass is 10.1. The van der Waals surface area contributed by atoms with E-state index in [1.165, 1.54) is 19.3 Å². The van der Waals surface area contributed by atoms with Gasteiger partial charge in [0.2, 0.25) is 0 Å². The van der Waals surface area contributed by atoms with Crippen molar-refractivity contribution in [3.63, 3.8) is 0 Å². The van der Waals surface area contributed by atoms with Crippen LogP contribution < -0.4 is 5.32 Å². The first-order chi connectivity index (χ1) is 6.29. The molecule has 0 radical (unpaired) electrons. The molecule has 1 N–H and O–H groups in total. The van der Waals surface area contributed by atoms with E-state index < -0.39 is 0 Å². The quantitative estimate of drug-likeness (QED) is 0.664. The summed E-state index contributed by atoms with van der Waals surface area (Å²) in [6, 6.07) is 0.552. The average Bonchev–Trinajstić information content (AvgIpc) is 2.41. The van der Waals surface area contributed by atoms with E-state index in [0.717, 1.165) is 19.4 Å². The normalized spacial score (nSPS) is 23.8. The lowest BCUT2D eigenvalue weighted by molar-refractivity contribution is 0.175. The molecule has 1 rings (SSSR count). The first-order valence-corrected chi connectivity index (χ1v) is 5.28. The summed E-state index contributed by atoms with van der Waals surface area (Å²) in [6.45, 7) is 3.09. The Hall–Kier alpha value is -0.730. The van der Waals surface area contributed by atoms with Crippen LogP contribution in [-0.2, 0) is 0 Å². The fraction of sp³-hybridized carbons (Fsp3) is 0.900. The van der Waals surface area contributed by atoms with Crippen molar-refractivity contribution in [2.45, 2.75) is 45.1 Å². The molecule has 1 atom stereocenters. The lowest BCUT2D eigenvalue weighted by Crippen LogP contribution is -2.44. The summed E-state index contributed by atoms with van der Waals surface area (Å²) in [5, 5.41) is 2.71. The van der Waals surface area contributed by atoms with Crippen molar-refractivity contribution in [3.05, 3.63) is 0 Å². The number of rotatable bonds is 1. The number of nitrogens with zero attached hydrogens (tertiary/aromatic N) is 1. The van der Waals surface area contributed by atoms with E-state index in [4.69, 9.17) is 0 Å². The number of hydrogen-bond donors (Lipinski definition) is 1. The minimum atomic E-state index is 0.0914. The number of hydrogen-bond acceptors (Lipinski definition) is 1. The van der Waals surface area contributed by atoms with Crippen LogP contribution in [0.2, 0.25) is 0 Å². The Bertz CT molecular complexity index is 170. The van der Waals surface area contributed by atoms with Gasteiger partial charge in [0.15, 0.2) is 0 Å². The number of amides is 2. The van der Waals surface area contributed by atoms with Crippen molar-refractivity contribution in [1.82, 2.24) is 10.2 Å². The zero-order valence-corrected chi connectivity index (χ0v) is 8.68. The fourth-order valence-corrected chi connectivity index (χ4v) is 2.01. The highest BCUT2D eigenvalue weighted by molar-refractivity contribution is 5.74. The monoisotopic (exact) mass is 184 g/mol. The molecule has 1 aliphatic heterocycles. The van der Waals surface area contributed by atoms with Crippen LogP contribution in [0.3, 0.4) is 0 Å². The molecule has 0 saturated carbocycles. The van der Waals surface area contributed by atoms with Crippen molar-refractivity contribution in [2.75, 3.05) is 13.6 Å². The van der Waals surface area contributed by atoms with Gasteiger partial charge in [-0.3, -0.25) is 0 Å². The van der Waals surface area contributed by atoms with Gasteiger partial charge in [0.1, 0.15) is 0 Å². The third kappa shape index (κ3) is 2.61. The maximum atomic E-state index is 11.5. The van der Waals surface area contributed by atoms with E-state index >= 15 is 0 Å². The number of carbonyl (C=O) groups is 1. The largest absolute Gasteiger partial charge is 0.341 e. The molecule has 0 aromatic carbocycles. The molecule has 3 heteroatoms. The Labute approximate surface area is 80.5 Å². The van der Waals surface area contributed by atoms with Crippen molar-refractivity contribution in [1.29, 1.82) is 0 Å². The highest BCUT2D eigenvalue weighted by Gasteiger charge is 2.22. The van der Waals surface area contributed by atoms with Crippen LogP contribution >= 0.6 is 0 Å². The minimum Gasteiger partial charge on any atom is -0.341 e. The van der Waals surface area contributed by atoms with E-state index in [0.29, 0.717) is 6.04 Å². The van der Waals surface area contributed by atoms with Gasteiger partial charge in [0.25, 0.3) is 0 Å². The molecule has 1 unspecified atom stereocenters. The van der Waals surface area contributed by atoms with Crippen LogP contribution in [0.5, 0.6) is 0 Å². The van der Waals surface area contributed by atoms with E-state index in [1.807, 2.05) is 4.90 Å². The van der Waals surface area contributed by atoms with Gasteiger partial charge >= 0.3 is 6.03 Å². The zero-order valence-electron chi connectivity index (χ0n) is 8.68. The Morgan fingerprint density at radius 2 is 2.23 bits per heavy atom. The first kappa shape index (κ1) is 10.4. The molecule has 0 aliphatic carbocycles. The van der Waals surface area contributed by atoms with Crippen molar-refractivity contribution in [3.8, 4) is 0 Å². The zero-order chi connectivity index (χ0) is 9.68. The molecule has 0 aromatic heterocycles. The summed E-state index contributed by atoms with van der Waals surface area (Å²) in [7, 11) is 1.71. The topological polar surface area (TPSA) is 32.3 Å². The number of carbonyl (C=O) groups excluding carboxylic acids is 1. The molecule has 1 fully saturated rings. The minimum absolute atomic E-state index is 0.0914. The summed E-state index contributed by atoms with van der Waals surface area (Å²) >= 11 is 0. The molecule has 13 heavy (non-hydrogen) atoms. The molecule has 1 aliphatic rings. The Morgan fingerprint density at radius 1 is 1.46 bits per heavy atom. The van der Waals surface area contributed by atoms with Crippen LogP contribution in [0.4, 0.5) is 4.79 Å². The molecule has 0 aromatic rings. The highest BCUT2D eigenvalue weighted by atomic mass is 16.2. The van der Waals surface area contributed by atoms with Gasteiger partial charge in [-0.1, -0.05) is 19.8 Å². The average molecular weight is 184 g/mol. The predicted octanol–water partition coefficient (Wildman–Crippen LogP) is 1.98. The molecule has 76 valence electrons. The number of nitrogens with one attached hydrogen (secondary N) is 1. The maximum absolute atomic E-state index is 11.5. The number of urea groups is 1. The summed E-state index contributed by atoms with van der Waals surface area (Å²) < 4.78 is 0.